The summed E-state index contributed by atoms with van der Waals surface area (Å²) >= 11 is 2.09. The van der Waals surface area contributed by atoms with Gasteiger partial charge in [-0.2, -0.15) is 11.8 Å². The fourth-order valence-electron chi connectivity index (χ4n) is 2.98. The fourth-order valence-corrected chi connectivity index (χ4v) is 4.42. The number of hydrogen-bond donors (Lipinski definition) is 1. The molecular formula is C12H25N3S. The Bertz CT molecular complexity index is 228. The zero-order valence-electron chi connectivity index (χ0n) is 10.6. The van der Waals surface area contributed by atoms with Crippen molar-refractivity contribution < 1.29 is 0 Å². The van der Waals surface area contributed by atoms with E-state index in [0.29, 0.717) is 5.54 Å². The van der Waals surface area contributed by atoms with E-state index in [9.17, 15) is 0 Å². The summed E-state index contributed by atoms with van der Waals surface area (Å²) in [5.41, 5.74) is 6.37. The van der Waals surface area contributed by atoms with Crippen molar-refractivity contribution in [1.29, 1.82) is 0 Å². The van der Waals surface area contributed by atoms with E-state index in [4.69, 9.17) is 5.73 Å². The van der Waals surface area contributed by atoms with Crippen LogP contribution in [-0.4, -0.2) is 65.6 Å². The molecule has 0 bridgehead atoms. The highest BCUT2D eigenvalue weighted by molar-refractivity contribution is 8.00. The van der Waals surface area contributed by atoms with E-state index in [0.717, 1.165) is 11.8 Å². The number of nitrogens with zero attached hydrogens (tertiary/aromatic N) is 2. The first-order valence-electron chi connectivity index (χ1n) is 6.49. The van der Waals surface area contributed by atoms with Gasteiger partial charge in [-0.05, 0) is 13.0 Å². The van der Waals surface area contributed by atoms with Crippen LogP contribution in [-0.2, 0) is 0 Å². The first-order chi connectivity index (χ1) is 7.70. The van der Waals surface area contributed by atoms with Crippen molar-refractivity contribution in [3.63, 3.8) is 0 Å². The molecule has 2 N–H and O–H groups in total. The van der Waals surface area contributed by atoms with Crippen LogP contribution in [0.1, 0.15) is 20.3 Å². The molecule has 0 aromatic rings. The summed E-state index contributed by atoms with van der Waals surface area (Å²) < 4.78 is 0. The zero-order chi connectivity index (χ0) is 11.6. The standard InChI is InChI=1S/C12H25N3S/c1-3-14-4-6-15(7-5-14)12(9-13)8-11(2)16-10-12/h11H,3-10,13H2,1-2H3. The van der Waals surface area contributed by atoms with Crippen LogP contribution in [0, 0.1) is 0 Å². The Balaban J connectivity index is 1.96. The topological polar surface area (TPSA) is 32.5 Å². The van der Waals surface area contributed by atoms with Gasteiger partial charge in [0, 0.05) is 49.3 Å². The van der Waals surface area contributed by atoms with Crippen LogP contribution in [0.5, 0.6) is 0 Å². The molecule has 0 radical (unpaired) electrons. The van der Waals surface area contributed by atoms with Crippen molar-refractivity contribution in [2.75, 3.05) is 45.0 Å². The average Bonchev–Trinajstić information content (AvgIpc) is 2.72. The molecule has 0 aliphatic carbocycles. The van der Waals surface area contributed by atoms with Crippen LogP contribution in [0.25, 0.3) is 0 Å². The Morgan fingerprint density at radius 1 is 1.31 bits per heavy atom. The van der Waals surface area contributed by atoms with Gasteiger partial charge < -0.3 is 10.6 Å². The first kappa shape index (κ1) is 12.7. The van der Waals surface area contributed by atoms with E-state index in [2.05, 4.69) is 35.4 Å². The van der Waals surface area contributed by atoms with E-state index >= 15 is 0 Å². The highest BCUT2D eigenvalue weighted by Crippen LogP contribution is 2.38. The summed E-state index contributed by atoms with van der Waals surface area (Å²) in [6, 6.07) is 0. The second-order valence-electron chi connectivity index (χ2n) is 5.18. The highest BCUT2D eigenvalue weighted by Gasteiger charge is 2.42. The molecule has 2 saturated heterocycles. The molecule has 2 atom stereocenters. The lowest BCUT2D eigenvalue weighted by molar-refractivity contribution is 0.0505. The summed E-state index contributed by atoms with van der Waals surface area (Å²) in [7, 11) is 0. The number of hydrogen-bond acceptors (Lipinski definition) is 4. The monoisotopic (exact) mass is 243 g/mol. The molecule has 2 fully saturated rings. The van der Waals surface area contributed by atoms with Gasteiger partial charge in [0.05, 0.1) is 0 Å². The van der Waals surface area contributed by atoms with Gasteiger partial charge in [-0.1, -0.05) is 13.8 Å². The Labute approximate surface area is 104 Å². The number of thioether (sulfide) groups is 1. The molecule has 0 saturated carbocycles. The van der Waals surface area contributed by atoms with Crippen LogP contribution in [0.4, 0.5) is 0 Å². The maximum Gasteiger partial charge on any atom is 0.0433 e. The minimum absolute atomic E-state index is 0.309. The van der Waals surface area contributed by atoms with Crippen LogP contribution >= 0.6 is 11.8 Å². The van der Waals surface area contributed by atoms with Crippen molar-refractivity contribution in [3.8, 4) is 0 Å². The minimum Gasteiger partial charge on any atom is -0.329 e. The van der Waals surface area contributed by atoms with Gasteiger partial charge in [0.1, 0.15) is 0 Å². The molecule has 0 amide bonds. The van der Waals surface area contributed by atoms with Crippen LogP contribution in [0.3, 0.4) is 0 Å². The van der Waals surface area contributed by atoms with Crippen LogP contribution < -0.4 is 5.73 Å². The van der Waals surface area contributed by atoms with Crippen molar-refractivity contribution in [1.82, 2.24) is 9.80 Å². The quantitative estimate of drug-likeness (QED) is 0.796. The van der Waals surface area contributed by atoms with E-state index in [1.54, 1.807) is 0 Å². The molecule has 2 heterocycles. The third kappa shape index (κ3) is 2.40. The number of likely N-dealkylation sites (N-methyl/N-ethyl adjacent to an activating group) is 1. The molecule has 94 valence electrons. The summed E-state index contributed by atoms with van der Waals surface area (Å²) in [6.07, 6.45) is 1.28. The van der Waals surface area contributed by atoms with Crippen molar-refractivity contribution in [2.45, 2.75) is 31.1 Å². The fraction of sp³-hybridized carbons (Fsp3) is 1.00. The molecule has 2 aliphatic heterocycles. The Hall–Kier alpha value is 0.230. The zero-order valence-corrected chi connectivity index (χ0v) is 11.4. The Morgan fingerprint density at radius 3 is 2.44 bits per heavy atom. The van der Waals surface area contributed by atoms with E-state index in [1.165, 1.54) is 44.9 Å². The lowest BCUT2D eigenvalue weighted by Crippen LogP contribution is -2.60. The van der Waals surface area contributed by atoms with E-state index in [-0.39, 0.29) is 0 Å². The lowest BCUT2D eigenvalue weighted by Gasteiger charge is -2.45. The lowest BCUT2D eigenvalue weighted by atomic mass is 9.93. The molecule has 2 rings (SSSR count). The SMILES string of the molecule is CCN1CCN(C2(CN)CSC(C)C2)CC1. The smallest absolute Gasteiger partial charge is 0.0433 e. The maximum absolute atomic E-state index is 6.06. The Morgan fingerprint density at radius 2 is 2.00 bits per heavy atom. The number of rotatable bonds is 3. The van der Waals surface area contributed by atoms with Gasteiger partial charge in [-0.25, -0.2) is 0 Å². The van der Waals surface area contributed by atoms with E-state index < -0.39 is 0 Å². The third-order valence-electron chi connectivity index (χ3n) is 4.17. The second kappa shape index (κ2) is 5.25. The molecule has 16 heavy (non-hydrogen) atoms. The molecule has 2 unspecified atom stereocenters. The highest BCUT2D eigenvalue weighted by atomic mass is 32.2. The predicted octanol–water partition coefficient (Wildman–Crippen LogP) is 0.847. The molecule has 4 heteroatoms. The third-order valence-corrected chi connectivity index (χ3v) is 5.61. The molecule has 0 aromatic heterocycles. The van der Waals surface area contributed by atoms with E-state index in [1.807, 2.05) is 0 Å². The second-order valence-corrected chi connectivity index (χ2v) is 6.60. The van der Waals surface area contributed by atoms with Crippen LogP contribution in [0.15, 0.2) is 0 Å². The molecule has 2 aliphatic rings. The largest absolute Gasteiger partial charge is 0.329 e. The molecule has 0 spiro atoms. The number of nitrogens with two attached hydrogens (primary N) is 1. The molecule has 3 nitrogen and oxygen atoms in total. The van der Waals surface area contributed by atoms with Crippen molar-refractivity contribution >= 4 is 11.8 Å². The number of piperazine rings is 1. The average molecular weight is 243 g/mol. The van der Waals surface area contributed by atoms with Crippen molar-refractivity contribution in [2.24, 2.45) is 5.73 Å². The summed E-state index contributed by atoms with van der Waals surface area (Å²) in [6.45, 7) is 11.5. The van der Waals surface area contributed by atoms with Gasteiger partial charge in [0.2, 0.25) is 0 Å². The molecule has 0 aromatic carbocycles. The maximum atomic E-state index is 6.06. The minimum atomic E-state index is 0.309. The summed E-state index contributed by atoms with van der Waals surface area (Å²) in [5.74, 6) is 1.23. The first-order valence-corrected chi connectivity index (χ1v) is 7.54. The van der Waals surface area contributed by atoms with Gasteiger partial charge in [-0.15, -0.1) is 0 Å². The normalized spacial score (nSPS) is 38.1. The summed E-state index contributed by atoms with van der Waals surface area (Å²) in [4.78, 5) is 5.20. The van der Waals surface area contributed by atoms with Crippen molar-refractivity contribution in [3.05, 3.63) is 0 Å². The Kier molecular flexibility index (Phi) is 4.16. The van der Waals surface area contributed by atoms with Gasteiger partial charge >= 0.3 is 0 Å². The van der Waals surface area contributed by atoms with Crippen LogP contribution in [0.2, 0.25) is 0 Å². The van der Waals surface area contributed by atoms with Gasteiger partial charge in [0.25, 0.3) is 0 Å². The molecular weight excluding hydrogens is 218 g/mol. The van der Waals surface area contributed by atoms with Gasteiger partial charge in [-0.3, -0.25) is 4.90 Å². The van der Waals surface area contributed by atoms with Gasteiger partial charge in [0.15, 0.2) is 0 Å². The summed E-state index contributed by atoms with van der Waals surface area (Å²) in [5, 5.41) is 0.785. The predicted molar refractivity (Wildman–Crippen MR) is 72.0 cm³/mol.